The van der Waals surface area contributed by atoms with Crippen LogP contribution < -0.4 is 5.56 Å². The fourth-order valence-corrected chi connectivity index (χ4v) is 1.10. The van der Waals surface area contributed by atoms with E-state index in [1.807, 2.05) is 0 Å². The lowest BCUT2D eigenvalue weighted by atomic mass is 10.2. The summed E-state index contributed by atoms with van der Waals surface area (Å²) < 4.78 is 9.05. The van der Waals surface area contributed by atoms with Gasteiger partial charge in [0.15, 0.2) is 5.65 Å². The molecule has 0 radical (unpaired) electrons. The molecule has 0 bridgehead atoms. The third-order valence-electron chi connectivity index (χ3n) is 1.78. The van der Waals surface area contributed by atoms with Gasteiger partial charge in [0, 0.05) is 0 Å². The van der Waals surface area contributed by atoms with Crippen LogP contribution in [0.1, 0.15) is 10.4 Å². The average Bonchev–Trinajstić information content (AvgIpc) is 2.62. The quantitative estimate of drug-likeness (QED) is 0.660. The second-order valence-corrected chi connectivity index (χ2v) is 2.62. The van der Waals surface area contributed by atoms with Crippen molar-refractivity contribution in [3.63, 3.8) is 0 Å². The summed E-state index contributed by atoms with van der Waals surface area (Å²) in [5, 5.41) is 4.07. The molecule has 0 fully saturated rings. The number of hydrogen-bond acceptors (Lipinski definition) is 5. The van der Waals surface area contributed by atoms with E-state index in [1.165, 1.54) is 19.4 Å². The highest BCUT2D eigenvalue weighted by atomic mass is 16.5. The fraction of sp³-hybridized carbons (Fsp3) is 0.125. The number of nitrogens with zero attached hydrogens (tertiary/aromatic N) is 1. The van der Waals surface area contributed by atoms with Crippen LogP contribution in [0.3, 0.4) is 0 Å². The molecule has 6 nitrogen and oxygen atoms in total. The lowest BCUT2D eigenvalue weighted by Gasteiger charge is -1.96. The van der Waals surface area contributed by atoms with E-state index in [0.717, 1.165) is 0 Å². The van der Waals surface area contributed by atoms with Crippen molar-refractivity contribution < 1.29 is 14.1 Å². The van der Waals surface area contributed by atoms with Gasteiger partial charge in [0.2, 0.25) is 0 Å². The zero-order chi connectivity index (χ0) is 10.1. The van der Waals surface area contributed by atoms with Gasteiger partial charge in [-0.2, -0.15) is 0 Å². The lowest BCUT2D eigenvalue weighted by molar-refractivity contribution is 0.0599. The largest absolute Gasteiger partial charge is 0.465 e. The summed E-state index contributed by atoms with van der Waals surface area (Å²) in [6, 6.07) is 1.37. The molecule has 0 spiro atoms. The molecule has 14 heavy (non-hydrogen) atoms. The van der Waals surface area contributed by atoms with Gasteiger partial charge in [0.05, 0.1) is 12.5 Å². The number of rotatable bonds is 1. The van der Waals surface area contributed by atoms with Crippen molar-refractivity contribution in [2.45, 2.75) is 0 Å². The van der Waals surface area contributed by atoms with Gasteiger partial charge in [0.1, 0.15) is 11.8 Å². The summed E-state index contributed by atoms with van der Waals surface area (Å²) in [4.78, 5) is 24.8. The molecule has 2 heterocycles. The molecule has 0 saturated carbocycles. The number of fused-ring (bicyclic) bond motifs is 1. The Bertz CT molecular complexity index is 540. The number of pyridine rings is 1. The summed E-state index contributed by atoms with van der Waals surface area (Å²) in [5.74, 6) is -0.686. The Morgan fingerprint density at radius 1 is 1.64 bits per heavy atom. The Kier molecular flexibility index (Phi) is 1.81. The smallest absolute Gasteiger partial charge is 0.343 e. The van der Waals surface area contributed by atoms with Gasteiger partial charge in [-0.05, 0) is 6.07 Å². The normalized spacial score (nSPS) is 10.4. The van der Waals surface area contributed by atoms with Crippen LogP contribution >= 0.6 is 0 Å². The van der Waals surface area contributed by atoms with Crippen molar-refractivity contribution in [2.24, 2.45) is 0 Å². The third-order valence-corrected chi connectivity index (χ3v) is 1.78. The highest BCUT2D eigenvalue weighted by Gasteiger charge is 2.12. The van der Waals surface area contributed by atoms with E-state index in [9.17, 15) is 9.59 Å². The molecular weight excluding hydrogens is 188 g/mol. The first-order valence-electron chi connectivity index (χ1n) is 3.78. The minimum Gasteiger partial charge on any atom is -0.465 e. The SMILES string of the molecule is COC(=O)c1cc2conc2[nH]c1=O. The van der Waals surface area contributed by atoms with Gasteiger partial charge in [0.25, 0.3) is 5.56 Å². The molecule has 0 aliphatic heterocycles. The molecule has 2 aromatic heterocycles. The average molecular weight is 194 g/mol. The topological polar surface area (TPSA) is 85.2 Å². The molecular formula is C8H6N2O4. The molecule has 0 unspecified atom stereocenters. The Labute approximate surface area is 77.5 Å². The maximum atomic E-state index is 11.3. The van der Waals surface area contributed by atoms with Crippen molar-refractivity contribution >= 4 is 17.0 Å². The van der Waals surface area contributed by atoms with Crippen LogP contribution in [0, 0.1) is 0 Å². The standard InChI is InChI=1S/C8H6N2O4/c1-13-8(12)5-2-4-3-14-10-6(4)9-7(5)11/h2-3H,1H3,(H,9,10,11). The molecule has 6 heteroatoms. The van der Waals surface area contributed by atoms with Crippen molar-refractivity contribution in [3.8, 4) is 0 Å². The van der Waals surface area contributed by atoms with Crippen molar-refractivity contribution in [1.82, 2.24) is 10.1 Å². The lowest BCUT2D eigenvalue weighted by Crippen LogP contribution is -2.18. The van der Waals surface area contributed by atoms with Gasteiger partial charge in [-0.3, -0.25) is 4.79 Å². The zero-order valence-electron chi connectivity index (χ0n) is 7.23. The van der Waals surface area contributed by atoms with Crippen molar-refractivity contribution in [3.05, 3.63) is 28.2 Å². The summed E-state index contributed by atoms with van der Waals surface area (Å²) in [6.07, 6.45) is 1.33. The molecule has 2 aromatic rings. The molecule has 2 rings (SSSR count). The second-order valence-electron chi connectivity index (χ2n) is 2.62. The predicted octanol–water partition coefficient (Wildman–Crippen LogP) is 0.303. The third kappa shape index (κ3) is 1.17. The number of methoxy groups -OCH3 is 1. The predicted molar refractivity (Wildman–Crippen MR) is 46.0 cm³/mol. The van der Waals surface area contributed by atoms with Crippen LogP contribution in [0.4, 0.5) is 0 Å². The van der Waals surface area contributed by atoms with E-state index in [2.05, 4.69) is 19.4 Å². The van der Waals surface area contributed by atoms with Crippen LogP contribution in [0.2, 0.25) is 0 Å². The fourth-order valence-electron chi connectivity index (χ4n) is 1.10. The number of carbonyl (C=O) groups is 1. The number of H-pyrrole nitrogens is 1. The van der Waals surface area contributed by atoms with Crippen LogP contribution in [0.5, 0.6) is 0 Å². The first-order chi connectivity index (χ1) is 6.72. The Balaban J connectivity index is 2.71. The highest BCUT2D eigenvalue weighted by molar-refractivity contribution is 5.92. The summed E-state index contributed by atoms with van der Waals surface area (Å²) in [6.45, 7) is 0. The molecule has 0 atom stereocenters. The van der Waals surface area contributed by atoms with Crippen LogP contribution in [-0.2, 0) is 4.74 Å². The van der Waals surface area contributed by atoms with E-state index in [4.69, 9.17) is 0 Å². The van der Waals surface area contributed by atoms with Crippen molar-refractivity contribution in [1.29, 1.82) is 0 Å². The van der Waals surface area contributed by atoms with Crippen LogP contribution in [0.15, 0.2) is 21.6 Å². The van der Waals surface area contributed by atoms with Crippen molar-refractivity contribution in [2.75, 3.05) is 7.11 Å². The number of hydrogen-bond donors (Lipinski definition) is 1. The summed E-state index contributed by atoms with van der Waals surface area (Å²) in [5.41, 5.74) is -0.302. The summed E-state index contributed by atoms with van der Waals surface area (Å²) >= 11 is 0. The monoisotopic (exact) mass is 194 g/mol. The zero-order valence-corrected chi connectivity index (χ0v) is 7.23. The molecule has 0 aliphatic rings. The van der Waals surface area contributed by atoms with E-state index in [1.54, 1.807) is 0 Å². The van der Waals surface area contributed by atoms with Gasteiger partial charge in [-0.1, -0.05) is 5.16 Å². The summed E-state index contributed by atoms with van der Waals surface area (Å²) in [7, 11) is 1.21. The molecule has 72 valence electrons. The Morgan fingerprint density at radius 3 is 3.14 bits per heavy atom. The molecule has 1 N–H and O–H groups in total. The first-order valence-corrected chi connectivity index (χ1v) is 3.78. The van der Waals surface area contributed by atoms with Gasteiger partial charge >= 0.3 is 5.97 Å². The van der Waals surface area contributed by atoms with Gasteiger partial charge < -0.3 is 14.2 Å². The number of aromatic nitrogens is 2. The van der Waals surface area contributed by atoms with E-state index in [-0.39, 0.29) is 5.56 Å². The van der Waals surface area contributed by atoms with E-state index >= 15 is 0 Å². The molecule has 0 saturated heterocycles. The minimum atomic E-state index is -0.686. The molecule has 0 aromatic carbocycles. The van der Waals surface area contributed by atoms with E-state index < -0.39 is 11.5 Å². The number of carbonyl (C=O) groups excluding carboxylic acids is 1. The van der Waals surface area contributed by atoms with Gasteiger partial charge in [-0.15, -0.1) is 0 Å². The maximum absolute atomic E-state index is 11.3. The Hall–Kier alpha value is -2.11. The minimum absolute atomic E-state index is 0.0665. The number of aromatic amines is 1. The van der Waals surface area contributed by atoms with Gasteiger partial charge in [-0.25, -0.2) is 4.79 Å². The molecule has 0 aliphatic carbocycles. The number of nitrogens with one attached hydrogen (secondary N) is 1. The number of esters is 1. The maximum Gasteiger partial charge on any atom is 0.343 e. The van der Waals surface area contributed by atoms with Crippen LogP contribution in [-0.4, -0.2) is 23.2 Å². The Morgan fingerprint density at radius 2 is 2.43 bits per heavy atom. The van der Waals surface area contributed by atoms with Crippen LogP contribution in [0.25, 0.3) is 11.0 Å². The first kappa shape index (κ1) is 8.49. The number of ether oxygens (including phenoxy) is 1. The highest BCUT2D eigenvalue weighted by Crippen LogP contribution is 2.08. The van der Waals surface area contributed by atoms with E-state index in [0.29, 0.717) is 11.0 Å². The molecule has 0 amide bonds. The second kappa shape index (κ2) is 2.99.